The summed E-state index contributed by atoms with van der Waals surface area (Å²) in [4.78, 5) is 41.4. The lowest BCUT2D eigenvalue weighted by molar-refractivity contribution is -0.385. The van der Waals surface area contributed by atoms with E-state index in [1.54, 1.807) is 24.3 Å². The van der Waals surface area contributed by atoms with E-state index in [1.807, 2.05) is 18.2 Å². The average molecular weight is 481 g/mol. The molecule has 2 N–H and O–H groups in total. The highest BCUT2D eigenvalue weighted by atomic mass is 35.5. The lowest BCUT2D eigenvalue weighted by atomic mass is 10.1. The maximum atomic E-state index is 12.4. The van der Waals surface area contributed by atoms with E-state index in [0.717, 1.165) is 17.8 Å². The number of nitro benzene ring substituents is 1. The number of rotatable bonds is 7. The Balaban J connectivity index is 1.61. The predicted octanol–water partition coefficient (Wildman–Crippen LogP) is 4.65. The van der Waals surface area contributed by atoms with Gasteiger partial charge in [0.1, 0.15) is 17.1 Å². The monoisotopic (exact) mass is 480 g/mol. The van der Waals surface area contributed by atoms with Crippen LogP contribution in [-0.4, -0.2) is 25.7 Å². The van der Waals surface area contributed by atoms with Crippen LogP contribution in [0.1, 0.15) is 10.4 Å². The number of benzene rings is 3. The maximum absolute atomic E-state index is 12.4. The van der Waals surface area contributed by atoms with Gasteiger partial charge in [-0.3, -0.25) is 35.9 Å². The Kier molecular flexibility index (Phi) is 6.14. The van der Waals surface area contributed by atoms with Gasteiger partial charge in [-0.25, -0.2) is 4.98 Å². The fourth-order valence-corrected chi connectivity index (χ4v) is 3.25. The summed E-state index contributed by atoms with van der Waals surface area (Å²) < 4.78 is 5.74. The van der Waals surface area contributed by atoms with Crippen LogP contribution in [0.5, 0.6) is 11.6 Å². The first-order valence-electron chi connectivity index (χ1n) is 9.50. The van der Waals surface area contributed by atoms with E-state index in [2.05, 4.69) is 20.8 Å². The van der Waals surface area contributed by atoms with Gasteiger partial charge < -0.3 is 4.74 Å². The molecule has 0 fully saturated rings. The first-order chi connectivity index (χ1) is 16.3. The molecule has 3 aromatic carbocycles. The Labute approximate surface area is 195 Å². The van der Waals surface area contributed by atoms with Crippen molar-refractivity contribution < 1.29 is 19.4 Å². The largest absolute Gasteiger partial charge is 0.433 e. The summed E-state index contributed by atoms with van der Waals surface area (Å²) in [6.07, 6.45) is 1.02. The van der Waals surface area contributed by atoms with Crippen molar-refractivity contribution in [1.82, 2.24) is 15.4 Å². The van der Waals surface area contributed by atoms with E-state index < -0.39 is 27.1 Å². The molecular formula is C21H13ClN6O6. The molecule has 170 valence electrons. The van der Waals surface area contributed by atoms with Gasteiger partial charge in [-0.2, -0.15) is 4.98 Å². The molecule has 0 bridgehead atoms. The zero-order chi connectivity index (χ0) is 24.2. The van der Waals surface area contributed by atoms with Gasteiger partial charge in [0, 0.05) is 17.0 Å². The van der Waals surface area contributed by atoms with Crippen molar-refractivity contribution in [3.05, 3.63) is 97.8 Å². The maximum Gasteiger partial charge on any atom is 0.374 e. The molecule has 0 spiro atoms. The van der Waals surface area contributed by atoms with Gasteiger partial charge in [-0.05, 0) is 23.6 Å². The van der Waals surface area contributed by atoms with Crippen LogP contribution in [0, 0.1) is 20.2 Å². The number of amides is 1. The minimum Gasteiger partial charge on any atom is -0.433 e. The molecule has 1 heterocycles. The normalized spacial score (nSPS) is 10.5. The van der Waals surface area contributed by atoms with Crippen LogP contribution in [0.25, 0.3) is 10.8 Å². The molecule has 0 aliphatic rings. The van der Waals surface area contributed by atoms with E-state index in [0.29, 0.717) is 11.1 Å². The summed E-state index contributed by atoms with van der Waals surface area (Å²) in [5.41, 5.74) is 3.36. The summed E-state index contributed by atoms with van der Waals surface area (Å²) in [6.45, 7) is 0. The quantitative estimate of drug-likeness (QED) is 0.283. The van der Waals surface area contributed by atoms with Crippen LogP contribution in [0.15, 0.2) is 67.0 Å². The first kappa shape index (κ1) is 22.4. The molecule has 12 nitrogen and oxygen atoms in total. The van der Waals surface area contributed by atoms with Gasteiger partial charge in [-0.1, -0.05) is 48.0 Å². The first-order valence-corrected chi connectivity index (χ1v) is 9.88. The van der Waals surface area contributed by atoms with Crippen LogP contribution >= 0.6 is 11.6 Å². The molecule has 13 heteroatoms. The number of carbonyl (C=O) groups is 1. The summed E-state index contributed by atoms with van der Waals surface area (Å²) >= 11 is 5.75. The van der Waals surface area contributed by atoms with E-state index in [9.17, 15) is 25.0 Å². The number of nitrogens with zero attached hydrogens (tertiary/aromatic N) is 4. The van der Waals surface area contributed by atoms with Gasteiger partial charge in [0.2, 0.25) is 5.82 Å². The van der Waals surface area contributed by atoms with Crippen LogP contribution in [0.4, 0.5) is 17.2 Å². The third-order valence-corrected chi connectivity index (χ3v) is 4.95. The average Bonchev–Trinajstić information content (AvgIpc) is 2.82. The fourth-order valence-electron chi connectivity index (χ4n) is 3.06. The highest BCUT2D eigenvalue weighted by Gasteiger charge is 2.26. The van der Waals surface area contributed by atoms with Crippen LogP contribution in [0.3, 0.4) is 0 Å². The summed E-state index contributed by atoms with van der Waals surface area (Å²) in [5, 5.41) is 24.2. The number of nitrogens with one attached hydrogen (secondary N) is 2. The fraction of sp³-hybridized carbons (Fsp3) is 0. The third-order valence-electron chi connectivity index (χ3n) is 4.63. The number of halogens is 1. The number of fused-ring (bicyclic) bond motifs is 1. The summed E-state index contributed by atoms with van der Waals surface area (Å²) in [6, 6.07) is 16.0. The van der Waals surface area contributed by atoms with Crippen molar-refractivity contribution in [3.8, 4) is 11.6 Å². The van der Waals surface area contributed by atoms with Gasteiger partial charge in [0.05, 0.1) is 9.85 Å². The molecule has 0 aliphatic heterocycles. The Hall–Kier alpha value is -4.84. The number of nitro groups is 2. The molecule has 4 rings (SSSR count). The Morgan fingerprint density at radius 2 is 1.74 bits per heavy atom. The molecule has 1 aromatic heterocycles. The van der Waals surface area contributed by atoms with Crippen molar-refractivity contribution in [3.63, 3.8) is 0 Å². The number of aromatic nitrogens is 2. The second-order valence-corrected chi connectivity index (χ2v) is 7.12. The van der Waals surface area contributed by atoms with Crippen LogP contribution < -0.4 is 15.6 Å². The van der Waals surface area contributed by atoms with Crippen LogP contribution in [-0.2, 0) is 0 Å². The number of hydrogen-bond acceptors (Lipinski definition) is 9. The standard InChI is InChI=1S/C21H13ClN6O6/c22-15-9-8-13(10-16(15)27(30)31)20(29)26-25-19-18(28(32)33)21(24-11-23-19)34-17-7-3-5-12-4-1-2-6-14(12)17/h1-11H,(H,26,29)(H,23,24,25). The van der Waals surface area contributed by atoms with Crippen molar-refractivity contribution in [1.29, 1.82) is 0 Å². The SMILES string of the molecule is O=C(NNc1ncnc(Oc2cccc3ccccc23)c1[N+](=O)[O-])c1ccc(Cl)c([N+](=O)[O-])c1. The number of anilines is 1. The smallest absolute Gasteiger partial charge is 0.374 e. The molecule has 0 saturated carbocycles. The van der Waals surface area contributed by atoms with Crippen molar-refractivity contribution in [2.75, 3.05) is 5.43 Å². The number of hydrogen-bond donors (Lipinski definition) is 2. The van der Waals surface area contributed by atoms with Gasteiger partial charge in [0.15, 0.2) is 0 Å². The molecule has 0 saturated heterocycles. The van der Waals surface area contributed by atoms with Crippen LogP contribution in [0.2, 0.25) is 5.02 Å². The Morgan fingerprint density at radius 3 is 2.50 bits per heavy atom. The Bertz CT molecular complexity index is 1440. The topological polar surface area (TPSA) is 162 Å². The zero-order valence-electron chi connectivity index (χ0n) is 17.0. The molecule has 34 heavy (non-hydrogen) atoms. The summed E-state index contributed by atoms with van der Waals surface area (Å²) in [7, 11) is 0. The summed E-state index contributed by atoms with van der Waals surface area (Å²) in [5.74, 6) is -1.19. The highest BCUT2D eigenvalue weighted by Crippen LogP contribution is 2.36. The number of carbonyl (C=O) groups excluding carboxylic acids is 1. The van der Waals surface area contributed by atoms with Gasteiger partial charge >= 0.3 is 11.6 Å². The minimum atomic E-state index is -0.816. The van der Waals surface area contributed by atoms with Gasteiger partial charge in [0.25, 0.3) is 11.6 Å². The number of hydrazine groups is 1. The molecule has 4 aromatic rings. The van der Waals surface area contributed by atoms with E-state index in [-0.39, 0.29) is 22.3 Å². The van der Waals surface area contributed by atoms with E-state index >= 15 is 0 Å². The van der Waals surface area contributed by atoms with Gasteiger partial charge in [-0.15, -0.1) is 0 Å². The lowest BCUT2D eigenvalue weighted by Gasteiger charge is -2.11. The molecule has 0 atom stereocenters. The minimum absolute atomic E-state index is 0.104. The van der Waals surface area contributed by atoms with Crippen molar-refractivity contribution in [2.24, 2.45) is 0 Å². The molecule has 0 aliphatic carbocycles. The molecular weight excluding hydrogens is 468 g/mol. The van der Waals surface area contributed by atoms with E-state index in [1.165, 1.54) is 12.1 Å². The third kappa shape index (κ3) is 4.52. The van der Waals surface area contributed by atoms with E-state index in [4.69, 9.17) is 16.3 Å². The zero-order valence-corrected chi connectivity index (χ0v) is 17.7. The van der Waals surface area contributed by atoms with Crippen molar-refractivity contribution in [2.45, 2.75) is 0 Å². The Morgan fingerprint density at radius 1 is 0.971 bits per heavy atom. The molecule has 0 unspecified atom stereocenters. The predicted molar refractivity (Wildman–Crippen MR) is 122 cm³/mol. The second-order valence-electron chi connectivity index (χ2n) is 6.71. The second kappa shape index (κ2) is 9.34. The van der Waals surface area contributed by atoms with Crippen molar-refractivity contribution >= 4 is 45.5 Å². The number of ether oxygens (including phenoxy) is 1. The molecule has 1 amide bonds. The molecule has 0 radical (unpaired) electrons. The highest BCUT2D eigenvalue weighted by molar-refractivity contribution is 6.32. The lowest BCUT2D eigenvalue weighted by Crippen LogP contribution is -2.30.